The van der Waals surface area contributed by atoms with E-state index in [4.69, 9.17) is 42.5 Å². The van der Waals surface area contributed by atoms with Crippen molar-refractivity contribution in [2.75, 3.05) is 49.7 Å². The number of nitrogens with two attached hydrogens (primary N) is 2. The number of piperidine rings is 2. The summed E-state index contributed by atoms with van der Waals surface area (Å²) in [6.45, 7) is 8.02. The summed E-state index contributed by atoms with van der Waals surface area (Å²) in [6, 6.07) is 24.0. The van der Waals surface area contributed by atoms with Crippen LogP contribution in [0.15, 0.2) is 87.8 Å². The van der Waals surface area contributed by atoms with Gasteiger partial charge in [-0.2, -0.15) is 0 Å². The first-order valence-corrected chi connectivity index (χ1v) is 22.3. The topological polar surface area (TPSA) is 136 Å². The smallest absolute Gasteiger partial charge is 0.158 e. The fraction of sp³-hybridized carbons (Fsp3) is 0.500. The van der Waals surface area contributed by atoms with Crippen LogP contribution < -0.4 is 36.5 Å². The molecule has 2 aliphatic heterocycles. The van der Waals surface area contributed by atoms with Crippen molar-refractivity contribution < 1.29 is 9.47 Å². The van der Waals surface area contributed by atoms with E-state index in [0.29, 0.717) is 46.3 Å². The highest BCUT2D eigenvalue weighted by atomic mass is 35.5. The van der Waals surface area contributed by atoms with Gasteiger partial charge in [-0.15, -0.1) is 0 Å². The maximum Gasteiger partial charge on any atom is 0.158 e. The minimum absolute atomic E-state index is 0.244. The molecule has 0 amide bonds. The Morgan fingerprint density at radius 1 is 0.983 bits per heavy atom. The number of anilines is 3. The molecule has 12 heteroatoms. The van der Waals surface area contributed by atoms with E-state index in [1.54, 1.807) is 13.2 Å². The van der Waals surface area contributed by atoms with E-state index >= 15 is 0 Å². The standard InChI is InChI=1S/C46H59ClN8O2S/c1-30(52-39-9-5-19-45(39)22-25-55(26-23-45)41-28-51-44(43(49)54-41)58-38-8-4-7-37(48)42(38)47)33-13-17-36(18-14-33)57-29-34-27-46(21-24-50-34)20-6-10-40(46)53-31(2)32-11-15-35(56-3)16-12-32/h4,7-8,11-18,28,30,34,39-40,50,52H,5-6,9-10,19-27,29,48H2,1-3H3,(H2,49,54)/t30-,34?,39-,40?,46?/m1/s1. The van der Waals surface area contributed by atoms with Crippen LogP contribution in [0.5, 0.6) is 11.5 Å². The summed E-state index contributed by atoms with van der Waals surface area (Å²) >= 11 is 7.81. The molecule has 1 aromatic heterocycles. The molecular formula is C46H59ClN8O2S. The van der Waals surface area contributed by atoms with Crippen LogP contribution in [0.1, 0.15) is 95.2 Å². The number of methoxy groups -OCH3 is 1. The monoisotopic (exact) mass is 822 g/mol. The van der Waals surface area contributed by atoms with Crippen molar-refractivity contribution in [1.82, 2.24) is 20.6 Å². The Bertz CT molecular complexity index is 2060. The van der Waals surface area contributed by atoms with Crippen LogP contribution in [0.2, 0.25) is 5.02 Å². The third-order valence-corrected chi connectivity index (χ3v) is 15.3. The SMILES string of the molecule is COc1ccc(C(C)=NC2CCCC23CCNC(COc2ccc([C@@H](C)N[C@@H]4CCCC45CCN(c4cnc(Sc6cccc(N)c6Cl)c(N)n4)CC5)cc2)C3)cc1. The lowest BCUT2D eigenvalue weighted by atomic mass is 9.72. The lowest BCUT2D eigenvalue weighted by molar-refractivity contribution is 0.120. The van der Waals surface area contributed by atoms with E-state index in [1.165, 1.54) is 61.4 Å². The average Bonchev–Trinajstić information content (AvgIpc) is 3.81. The molecule has 4 fully saturated rings. The summed E-state index contributed by atoms with van der Waals surface area (Å²) < 4.78 is 11.8. The molecule has 3 unspecified atom stereocenters. The van der Waals surface area contributed by atoms with Gasteiger partial charge in [-0.1, -0.05) is 54.4 Å². The Morgan fingerprint density at radius 3 is 2.48 bits per heavy atom. The molecule has 0 radical (unpaired) electrons. The molecule has 308 valence electrons. The van der Waals surface area contributed by atoms with Crippen LogP contribution in [-0.2, 0) is 0 Å². The highest BCUT2D eigenvalue weighted by Gasteiger charge is 2.47. The number of rotatable bonds is 12. The Morgan fingerprint density at radius 2 is 1.72 bits per heavy atom. The van der Waals surface area contributed by atoms with E-state index in [9.17, 15) is 0 Å². The summed E-state index contributed by atoms with van der Waals surface area (Å²) in [5, 5.41) is 8.97. The maximum absolute atomic E-state index is 6.45. The fourth-order valence-electron chi connectivity index (χ4n) is 10.3. The lowest BCUT2D eigenvalue weighted by Gasteiger charge is -2.44. The molecule has 6 N–H and O–H groups in total. The molecule has 4 aromatic rings. The second kappa shape index (κ2) is 17.7. The van der Waals surface area contributed by atoms with Crippen molar-refractivity contribution in [1.29, 1.82) is 0 Å². The van der Waals surface area contributed by atoms with Gasteiger partial charge < -0.3 is 36.5 Å². The van der Waals surface area contributed by atoms with Gasteiger partial charge >= 0.3 is 0 Å². The molecule has 3 heterocycles. The first kappa shape index (κ1) is 40.7. The first-order valence-electron chi connectivity index (χ1n) is 21.1. The predicted molar refractivity (Wildman–Crippen MR) is 238 cm³/mol. The number of benzene rings is 3. The van der Waals surface area contributed by atoms with Crippen LogP contribution in [0.4, 0.5) is 17.3 Å². The van der Waals surface area contributed by atoms with E-state index in [-0.39, 0.29) is 16.9 Å². The first-order chi connectivity index (χ1) is 28.1. The highest BCUT2D eigenvalue weighted by Crippen LogP contribution is 2.49. The van der Waals surface area contributed by atoms with Gasteiger partial charge in [0.25, 0.3) is 0 Å². The molecule has 4 aliphatic rings. The van der Waals surface area contributed by atoms with Crippen molar-refractivity contribution in [3.8, 4) is 11.5 Å². The fourth-order valence-corrected chi connectivity index (χ4v) is 11.3. The number of nitrogens with one attached hydrogen (secondary N) is 2. The quantitative estimate of drug-likeness (QED) is 0.0810. The minimum Gasteiger partial charge on any atom is -0.497 e. The number of aromatic nitrogens is 2. The number of halogens is 1. The van der Waals surface area contributed by atoms with Crippen molar-refractivity contribution in [3.63, 3.8) is 0 Å². The second-order valence-electron chi connectivity index (χ2n) is 17.1. The lowest BCUT2D eigenvalue weighted by Crippen LogP contribution is -2.49. The van der Waals surface area contributed by atoms with E-state index in [0.717, 1.165) is 73.2 Å². The Balaban J connectivity index is 0.823. The summed E-state index contributed by atoms with van der Waals surface area (Å²) in [5.41, 5.74) is 17.1. The largest absolute Gasteiger partial charge is 0.497 e. The molecule has 10 nitrogen and oxygen atoms in total. The molecule has 0 bridgehead atoms. The van der Waals surface area contributed by atoms with Gasteiger partial charge in [-0.05, 0) is 142 Å². The van der Waals surface area contributed by atoms with Crippen LogP contribution in [-0.4, -0.2) is 67.2 Å². The van der Waals surface area contributed by atoms with Crippen molar-refractivity contribution in [2.45, 2.75) is 112 Å². The molecule has 3 aromatic carbocycles. The zero-order chi connectivity index (χ0) is 40.3. The normalized spacial score (nSPS) is 25.0. The van der Waals surface area contributed by atoms with Gasteiger partial charge in [0.15, 0.2) is 5.82 Å². The molecule has 8 rings (SSSR count). The van der Waals surface area contributed by atoms with Crippen LogP contribution in [0.3, 0.4) is 0 Å². The zero-order valence-corrected chi connectivity index (χ0v) is 35.8. The molecule has 2 spiro atoms. The Labute approximate surface area is 353 Å². The van der Waals surface area contributed by atoms with Gasteiger partial charge in [0.05, 0.1) is 30.1 Å². The highest BCUT2D eigenvalue weighted by molar-refractivity contribution is 7.99. The van der Waals surface area contributed by atoms with Gasteiger partial charge in [-0.3, -0.25) is 4.99 Å². The van der Waals surface area contributed by atoms with Crippen LogP contribution in [0, 0.1) is 10.8 Å². The summed E-state index contributed by atoms with van der Waals surface area (Å²) in [6.07, 6.45) is 13.7. The number of nitrogen functional groups attached to an aromatic ring is 2. The van der Waals surface area contributed by atoms with Crippen molar-refractivity contribution in [3.05, 3.63) is 89.1 Å². The Kier molecular flexibility index (Phi) is 12.4. The summed E-state index contributed by atoms with van der Waals surface area (Å²) in [7, 11) is 1.71. The van der Waals surface area contributed by atoms with Gasteiger partial charge in [0, 0.05) is 41.8 Å². The maximum atomic E-state index is 6.45. The molecule has 2 aliphatic carbocycles. The molecule has 2 saturated heterocycles. The van der Waals surface area contributed by atoms with E-state index in [2.05, 4.69) is 70.8 Å². The van der Waals surface area contributed by atoms with Gasteiger partial charge in [-0.25, -0.2) is 9.97 Å². The summed E-state index contributed by atoms with van der Waals surface area (Å²) in [5.74, 6) is 3.05. The number of hydrogen-bond donors (Lipinski definition) is 4. The van der Waals surface area contributed by atoms with Crippen molar-refractivity contribution >= 4 is 46.4 Å². The summed E-state index contributed by atoms with van der Waals surface area (Å²) in [4.78, 5) is 17.9. The number of nitrogens with zero attached hydrogens (tertiary/aromatic N) is 4. The number of aliphatic imine (C=N–C) groups is 1. The average molecular weight is 824 g/mol. The molecule has 5 atom stereocenters. The van der Waals surface area contributed by atoms with Crippen LogP contribution in [0.25, 0.3) is 0 Å². The minimum atomic E-state index is 0.244. The molecule has 58 heavy (non-hydrogen) atoms. The van der Waals surface area contributed by atoms with Gasteiger partial charge in [0.2, 0.25) is 0 Å². The second-order valence-corrected chi connectivity index (χ2v) is 18.5. The van der Waals surface area contributed by atoms with Crippen molar-refractivity contribution in [2.24, 2.45) is 15.8 Å². The predicted octanol–water partition coefficient (Wildman–Crippen LogP) is 9.12. The number of hydrogen-bond acceptors (Lipinski definition) is 11. The third-order valence-electron chi connectivity index (χ3n) is 13.6. The van der Waals surface area contributed by atoms with E-state index < -0.39 is 0 Å². The third kappa shape index (κ3) is 8.79. The van der Waals surface area contributed by atoms with Gasteiger partial charge in [0.1, 0.15) is 28.9 Å². The molecular weight excluding hydrogens is 764 g/mol. The zero-order valence-electron chi connectivity index (χ0n) is 34.2. The Hall–Kier alpha value is -4.03. The van der Waals surface area contributed by atoms with E-state index in [1.807, 2.05) is 30.5 Å². The molecule has 2 saturated carbocycles. The number of ether oxygens (including phenoxy) is 2. The van der Waals surface area contributed by atoms with Crippen LogP contribution >= 0.6 is 23.4 Å².